The van der Waals surface area contributed by atoms with Gasteiger partial charge in [0.15, 0.2) is 0 Å². The van der Waals surface area contributed by atoms with Crippen LogP contribution < -0.4 is 51.4 Å². The maximum Gasteiger partial charge on any atom is 1.00 e. The van der Waals surface area contributed by atoms with Gasteiger partial charge in [-0.05, 0) is 76.3 Å². The summed E-state index contributed by atoms with van der Waals surface area (Å²) < 4.78 is 11.9. The minimum atomic E-state index is 0. The number of hydrogen-bond donors (Lipinski definition) is 0. The number of rotatable bonds is 35. The molecule has 0 aromatic heterocycles. The van der Waals surface area contributed by atoms with E-state index in [1.165, 1.54) is 141 Å². The normalized spacial score (nSPS) is 12.3. The van der Waals surface area contributed by atoms with E-state index >= 15 is 0 Å². The van der Waals surface area contributed by atoms with E-state index < -0.39 is 0 Å². The van der Waals surface area contributed by atoms with E-state index in [4.69, 9.17) is 9.47 Å². The molecule has 0 rings (SSSR count). The van der Waals surface area contributed by atoms with Crippen molar-refractivity contribution in [3.05, 3.63) is 38.6 Å². The zero-order valence-corrected chi connectivity index (χ0v) is 37.5. The van der Waals surface area contributed by atoms with Gasteiger partial charge in [0.25, 0.3) is 0 Å². The fourth-order valence-corrected chi connectivity index (χ4v) is 6.04. The molecule has 2 atom stereocenters. The molecule has 0 aliphatic heterocycles. The van der Waals surface area contributed by atoms with E-state index in [-0.39, 0.29) is 51.4 Å². The molecule has 0 aromatic rings. The third-order valence-electron chi connectivity index (χ3n) is 9.28. The fourth-order valence-electron chi connectivity index (χ4n) is 6.04. The summed E-state index contributed by atoms with van der Waals surface area (Å²) in [6, 6.07) is 0. The first-order valence-electron chi connectivity index (χ1n) is 20.7. The smallest absolute Gasteiger partial charge is 0.499 e. The molecule has 282 valence electrons. The Morgan fingerprint density at radius 2 is 1.17 bits per heavy atom. The number of unbranched alkanes of at least 4 members (excludes halogenated alkanes) is 14. The van der Waals surface area contributed by atoms with Crippen molar-refractivity contribution in [2.24, 2.45) is 11.8 Å². The van der Waals surface area contributed by atoms with E-state index in [0.717, 1.165) is 62.8 Å². The third-order valence-corrected chi connectivity index (χ3v) is 9.28. The van der Waals surface area contributed by atoms with Gasteiger partial charge in [0.1, 0.15) is 0 Å². The second-order valence-electron chi connectivity index (χ2n) is 14.7. The molecule has 0 aromatic carbocycles. The standard InChI is InChI=1S/C28H56NO.C16H31O.K/c1-8-11-19-27(10-3)20-21-28(24-25(4)5)30-26(6)18-16-14-13-15-17-23-29(7)22-12-9-2;1-4-6-8-9-10-11-13-15-17-16(3)14-12-7-5-2;/h25,27-28H,6-24H2,1-5H3;2-15H2,1H3;/q2*-1;+1. The summed E-state index contributed by atoms with van der Waals surface area (Å²) >= 11 is 0. The van der Waals surface area contributed by atoms with Crippen molar-refractivity contribution in [2.45, 2.75) is 215 Å². The van der Waals surface area contributed by atoms with Crippen LogP contribution in [0.2, 0.25) is 0 Å². The van der Waals surface area contributed by atoms with E-state index in [1.54, 1.807) is 0 Å². The van der Waals surface area contributed by atoms with Crippen LogP contribution in [0.1, 0.15) is 208 Å². The monoisotopic (exact) mass is 701 g/mol. The van der Waals surface area contributed by atoms with Crippen LogP contribution in [0.15, 0.2) is 24.7 Å². The summed E-state index contributed by atoms with van der Waals surface area (Å²) in [4.78, 5) is 2.24. The van der Waals surface area contributed by atoms with Crippen LogP contribution in [0, 0.1) is 25.8 Å². The van der Waals surface area contributed by atoms with E-state index in [1.807, 2.05) is 0 Å². The summed E-state index contributed by atoms with van der Waals surface area (Å²) in [6.07, 6.45) is 33.1. The van der Waals surface area contributed by atoms with Gasteiger partial charge >= 0.3 is 51.4 Å². The van der Waals surface area contributed by atoms with Crippen LogP contribution in [0.25, 0.3) is 0 Å². The first-order chi connectivity index (χ1) is 22.7. The summed E-state index contributed by atoms with van der Waals surface area (Å²) in [5.41, 5.74) is 0. The molecule has 2 unspecified atom stereocenters. The van der Waals surface area contributed by atoms with Crippen molar-refractivity contribution >= 4 is 0 Å². The van der Waals surface area contributed by atoms with Gasteiger partial charge in [0.05, 0.1) is 24.2 Å². The Labute approximate surface area is 347 Å². The molecule has 0 amide bonds. The van der Waals surface area contributed by atoms with Crippen molar-refractivity contribution in [1.82, 2.24) is 4.90 Å². The molecule has 0 fully saturated rings. The molecular weight excluding hydrogens is 614 g/mol. The van der Waals surface area contributed by atoms with Crippen LogP contribution in [0.3, 0.4) is 0 Å². The van der Waals surface area contributed by atoms with Crippen LogP contribution >= 0.6 is 0 Å². The SMILES string of the molecule is C=C(CCCCCCCN([CH2-])CCCC)OC(CCC(CC)CCCC)CC(C)C.C=C(CCCC[CH2-])OCCCCCCCCC.[K+]. The Hall–Kier alpha value is 0.676. The van der Waals surface area contributed by atoms with Crippen molar-refractivity contribution in [3.8, 4) is 0 Å². The third kappa shape index (κ3) is 41.1. The molecule has 48 heavy (non-hydrogen) atoms. The van der Waals surface area contributed by atoms with Gasteiger partial charge < -0.3 is 21.3 Å². The molecule has 0 aliphatic carbocycles. The molecule has 0 saturated carbocycles. The quantitative estimate of drug-likeness (QED) is 0.0284. The van der Waals surface area contributed by atoms with Gasteiger partial charge in [0, 0.05) is 12.8 Å². The van der Waals surface area contributed by atoms with Crippen LogP contribution in [0.4, 0.5) is 0 Å². The van der Waals surface area contributed by atoms with Gasteiger partial charge in [-0.1, -0.05) is 151 Å². The average molecular weight is 701 g/mol. The van der Waals surface area contributed by atoms with Crippen LogP contribution in [0.5, 0.6) is 0 Å². The van der Waals surface area contributed by atoms with Crippen molar-refractivity contribution in [3.63, 3.8) is 0 Å². The fraction of sp³-hybridized carbons (Fsp3) is 0.864. The molecule has 0 spiro atoms. The molecule has 0 radical (unpaired) electrons. The molecule has 4 heteroatoms. The van der Waals surface area contributed by atoms with Crippen molar-refractivity contribution in [1.29, 1.82) is 0 Å². The van der Waals surface area contributed by atoms with Crippen molar-refractivity contribution in [2.75, 3.05) is 19.7 Å². The number of hydrogen-bond acceptors (Lipinski definition) is 3. The van der Waals surface area contributed by atoms with E-state index in [9.17, 15) is 0 Å². The molecule has 0 bridgehead atoms. The first-order valence-corrected chi connectivity index (χ1v) is 20.7. The Balaban J connectivity index is -0.000000957. The number of allylic oxidation sites excluding steroid dienone is 2. The molecule has 0 saturated heterocycles. The Morgan fingerprint density at radius 3 is 1.77 bits per heavy atom. The average Bonchev–Trinajstić information content (AvgIpc) is 3.04. The van der Waals surface area contributed by atoms with Crippen LogP contribution in [-0.2, 0) is 9.47 Å². The van der Waals surface area contributed by atoms with Gasteiger partial charge in [-0.3, -0.25) is 7.05 Å². The second-order valence-corrected chi connectivity index (χ2v) is 14.7. The van der Waals surface area contributed by atoms with E-state index in [2.05, 4.69) is 73.6 Å². The number of ether oxygens (including phenoxy) is 2. The predicted octanol–water partition coefficient (Wildman–Crippen LogP) is 11.8. The number of nitrogens with zero attached hydrogens (tertiary/aromatic N) is 1. The summed E-state index contributed by atoms with van der Waals surface area (Å²) in [7, 11) is 4.13. The maximum absolute atomic E-state index is 6.35. The van der Waals surface area contributed by atoms with Crippen molar-refractivity contribution < 1.29 is 60.9 Å². The topological polar surface area (TPSA) is 21.7 Å². The second kappa shape index (κ2) is 42.1. The Morgan fingerprint density at radius 1 is 0.625 bits per heavy atom. The first kappa shape index (κ1) is 53.0. The summed E-state index contributed by atoms with van der Waals surface area (Å²) in [6.45, 7) is 28.9. The minimum Gasteiger partial charge on any atom is -0.499 e. The Kier molecular flexibility index (Phi) is 46.5. The zero-order valence-electron chi connectivity index (χ0n) is 34.3. The molecule has 0 heterocycles. The predicted molar refractivity (Wildman–Crippen MR) is 212 cm³/mol. The minimum absolute atomic E-state index is 0. The van der Waals surface area contributed by atoms with Crippen LogP contribution in [-0.4, -0.2) is 30.7 Å². The van der Waals surface area contributed by atoms with E-state index in [0.29, 0.717) is 12.0 Å². The molecule has 0 aliphatic rings. The zero-order chi connectivity index (χ0) is 35.4. The molecule has 3 nitrogen and oxygen atoms in total. The molecule has 0 N–H and O–H groups in total. The van der Waals surface area contributed by atoms with Gasteiger partial charge in [-0.2, -0.15) is 6.42 Å². The Bertz CT molecular complexity index is 652. The summed E-state index contributed by atoms with van der Waals surface area (Å²) in [5, 5.41) is 0. The van der Waals surface area contributed by atoms with Gasteiger partial charge in [0.2, 0.25) is 0 Å². The van der Waals surface area contributed by atoms with Gasteiger partial charge in [-0.25, -0.2) is 0 Å². The van der Waals surface area contributed by atoms with Gasteiger partial charge in [-0.15, -0.1) is 0 Å². The molecular formula is C44H87KNO2-. The maximum atomic E-state index is 6.35. The summed E-state index contributed by atoms with van der Waals surface area (Å²) in [5.74, 6) is 3.53. The largest absolute Gasteiger partial charge is 1.00 e.